The van der Waals surface area contributed by atoms with Crippen molar-refractivity contribution in [2.24, 2.45) is 5.92 Å². The minimum absolute atomic E-state index is 0.0675. The molecule has 1 N–H and O–H groups in total. The van der Waals surface area contributed by atoms with Crippen LogP contribution in [0.4, 0.5) is 0 Å². The van der Waals surface area contributed by atoms with Crippen LogP contribution in [-0.2, 0) is 0 Å². The Morgan fingerprint density at radius 3 is 2.23 bits per heavy atom. The highest BCUT2D eigenvalue weighted by Gasteiger charge is 2.16. The molecule has 0 bridgehead atoms. The van der Waals surface area contributed by atoms with Gasteiger partial charge in [0, 0.05) is 18.6 Å². The molecule has 0 amide bonds. The number of carbonyl (C=O) groups excluding carboxylic acids is 1. The highest BCUT2D eigenvalue weighted by molar-refractivity contribution is 5.96. The van der Waals surface area contributed by atoms with Gasteiger partial charge < -0.3 is 5.11 Å². The van der Waals surface area contributed by atoms with Crippen molar-refractivity contribution in [3.8, 4) is 0 Å². The number of hydrogen-bond donors (Lipinski definition) is 1. The Kier molecular flexibility index (Phi) is 6.11. The predicted octanol–water partition coefficient (Wildman–Crippen LogP) is 4.36. The molecule has 1 atom stereocenters. The second-order valence-corrected chi connectivity index (χ2v) is 5.50. The molecule has 0 aliphatic rings. The summed E-state index contributed by atoms with van der Waals surface area (Å²) in [4.78, 5) is 12.4. The number of hydrogen-bond acceptors (Lipinski definition) is 2. The van der Waals surface area contributed by atoms with E-state index in [1.165, 1.54) is 0 Å². The molecule has 2 nitrogen and oxygen atoms in total. The van der Waals surface area contributed by atoms with Crippen LogP contribution in [0.2, 0.25) is 0 Å². The Balaban J connectivity index is 2.12. The van der Waals surface area contributed by atoms with E-state index in [0.717, 1.165) is 16.7 Å². The fourth-order valence-electron chi connectivity index (χ4n) is 2.54. The maximum Gasteiger partial charge on any atom is 0.163 e. The summed E-state index contributed by atoms with van der Waals surface area (Å²) in [6, 6.07) is 19.4. The van der Waals surface area contributed by atoms with Crippen LogP contribution in [0.1, 0.15) is 35.7 Å². The molecule has 0 aromatic heterocycles. The van der Waals surface area contributed by atoms with Gasteiger partial charge in [0.2, 0.25) is 0 Å². The number of carbonyl (C=O) groups is 1. The molecule has 0 radical (unpaired) electrons. The Bertz CT molecular complexity index is 615. The molecule has 0 aliphatic carbocycles. The molecular weight excluding hydrogens is 272 g/mol. The van der Waals surface area contributed by atoms with Crippen LogP contribution in [0.15, 0.2) is 66.2 Å². The molecule has 0 saturated heterocycles. The van der Waals surface area contributed by atoms with E-state index in [2.05, 4.69) is 6.08 Å². The van der Waals surface area contributed by atoms with Gasteiger partial charge in [-0.25, -0.2) is 0 Å². The van der Waals surface area contributed by atoms with E-state index in [0.29, 0.717) is 12.8 Å². The zero-order chi connectivity index (χ0) is 15.8. The SMILES string of the molecule is C/C(=C\c1ccccc1)C(CCO)CC(=O)c1ccccc1. The Hall–Kier alpha value is -2.19. The summed E-state index contributed by atoms with van der Waals surface area (Å²) in [5, 5.41) is 9.30. The molecule has 22 heavy (non-hydrogen) atoms. The lowest BCUT2D eigenvalue weighted by atomic mass is 9.88. The number of ketones is 1. The average Bonchev–Trinajstić information content (AvgIpc) is 2.56. The first-order valence-corrected chi connectivity index (χ1v) is 7.63. The molecule has 0 fully saturated rings. The largest absolute Gasteiger partial charge is 0.396 e. The molecule has 0 aliphatic heterocycles. The van der Waals surface area contributed by atoms with Crippen molar-refractivity contribution in [3.05, 3.63) is 77.4 Å². The van der Waals surface area contributed by atoms with Crippen molar-refractivity contribution in [2.45, 2.75) is 19.8 Å². The molecule has 114 valence electrons. The van der Waals surface area contributed by atoms with Crippen LogP contribution in [-0.4, -0.2) is 17.5 Å². The maximum absolute atomic E-state index is 12.4. The third-order valence-corrected chi connectivity index (χ3v) is 3.84. The fraction of sp³-hybridized carbons (Fsp3) is 0.250. The monoisotopic (exact) mass is 294 g/mol. The lowest BCUT2D eigenvalue weighted by Crippen LogP contribution is -2.12. The van der Waals surface area contributed by atoms with E-state index in [9.17, 15) is 9.90 Å². The minimum atomic E-state index is 0.0675. The van der Waals surface area contributed by atoms with Gasteiger partial charge in [0.1, 0.15) is 0 Å². The zero-order valence-corrected chi connectivity index (χ0v) is 12.9. The van der Waals surface area contributed by atoms with Crippen LogP contribution in [0.25, 0.3) is 6.08 Å². The molecule has 0 saturated carbocycles. The van der Waals surface area contributed by atoms with Crippen molar-refractivity contribution >= 4 is 11.9 Å². The number of allylic oxidation sites excluding steroid dienone is 1. The summed E-state index contributed by atoms with van der Waals surface area (Å²) in [7, 11) is 0. The van der Waals surface area contributed by atoms with E-state index in [-0.39, 0.29) is 18.3 Å². The molecule has 2 aromatic carbocycles. The second kappa shape index (κ2) is 8.30. The maximum atomic E-state index is 12.4. The highest BCUT2D eigenvalue weighted by atomic mass is 16.3. The number of rotatable bonds is 7. The number of Topliss-reactive ketones (excluding diaryl/α,β-unsaturated/α-hetero) is 1. The number of aliphatic hydroxyl groups is 1. The molecule has 2 rings (SSSR count). The summed E-state index contributed by atoms with van der Waals surface area (Å²) in [6.45, 7) is 2.12. The molecule has 2 heteroatoms. The summed E-state index contributed by atoms with van der Waals surface area (Å²) in [5.41, 5.74) is 2.98. The van der Waals surface area contributed by atoms with Crippen LogP contribution < -0.4 is 0 Å². The standard InChI is InChI=1S/C20H22O2/c1-16(14-17-8-4-2-5-9-17)19(12-13-21)15-20(22)18-10-6-3-7-11-18/h2-11,14,19,21H,12-13,15H2,1H3/b16-14+. The molecular formula is C20H22O2. The third-order valence-electron chi connectivity index (χ3n) is 3.84. The Morgan fingerprint density at radius 1 is 1.05 bits per heavy atom. The number of aliphatic hydroxyl groups excluding tert-OH is 1. The first kappa shape index (κ1) is 16.2. The number of benzene rings is 2. The first-order chi connectivity index (χ1) is 10.7. The lowest BCUT2D eigenvalue weighted by Gasteiger charge is -2.16. The summed E-state index contributed by atoms with van der Waals surface area (Å²) in [5.74, 6) is 0.192. The van der Waals surface area contributed by atoms with Crippen molar-refractivity contribution < 1.29 is 9.90 Å². The van der Waals surface area contributed by atoms with Crippen molar-refractivity contribution in [3.63, 3.8) is 0 Å². The van der Waals surface area contributed by atoms with Gasteiger partial charge in [0.15, 0.2) is 5.78 Å². The van der Waals surface area contributed by atoms with E-state index in [4.69, 9.17) is 0 Å². The molecule has 2 aromatic rings. The van der Waals surface area contributed by atoms with Gasteiger partial charge in [-0.2, -0.15) is 0 Å². The summed E-state index contributed by atoms with van der Waals surface area (Å²) < 4.78 is 0. The summed E-state index contributed by atoms with van der Waals surface area (Å²) >= 11 is 0. The first-order valence-electron chi connectivity index (χ1n) is 7.63. The van der Waals surface area contributed by atoms with Gasteiger partial charge in [0.25, 0.3) is 0 Å². The van der Waals surface area contributed by atoms with Crippen molar-refractivity contribution in [1.29, 1.82) is 0 Å². The van der Waals surface area contributed by atoms with Crippen LogP contribution in [0.5, 0.6) is 0 Å². The third kappa shape index (κ3) is 4.68. The minimum Gasteiger partial charge on any atom is -0.396 e. The van der Waals surface area contributed by atoms with E-state index >= 15 is 0 Å². The van der Waals surface area contributed by atoms with Crippen molar-refractivity contribution in [2.75, 3.05) is 6.61 Å². The second-order valence-electron chi connectivity index (χ2n) is 5.50. The van der Waals surface area contributed by atoms with E-state index in [1.807, 2.05) is 67.6 Å². The summed E-state index contributed by atoms with van der Waals surface area (Å²) in [6.07, 6.45) is 3.13. The molecule has 1 unspecified atom stereocenters. The van der Waals surface area contributed by atoms with Gasteiger partial charge in [-0.1, -0.05) is 72.3 Å². The average molecular weight is 294 g/mol. The van der Waals surface area contributed by atoms with Gasteiger partial charge in [-0.15, -0.1) is 0 Å². The normalized spacial score (nSPS) is 12.9. The lowest BCUT2D eigenvalue weighted by molar-refractivity contribution is 0.0961. The van der Waals surface area contributed by atoms with Gasteiger partial charge >= 0.3 is 0 Å². The Labute approximate surface area is 132 Å². The van der Waals surface area contributed by atoms with Gasteiger partial charge in [-0.3, -0.25) is 4.79 Å². The van der Waals surface area contributed by atoms with Gasteiger partial charge in [-0.05, 0) is 24.8 Å². The highest BCUT2D eigenvalue weighted by Crippen LogP contribution is 2.23. The van der Waals surface area contributed by atoms with Crippen LogP contribution in [0.3, 0.4) is 0 Å². The van der Waals surface area contributed by atoms with E-state index in [1.54, 1.807) is 0 Å². The van der Waals surface area contributed by atoms with Gasteiger partial charge in [0.05, 0.1) is 0 Å². The van der Waals surface area contributed by atoms with E-state index < -0.39 is 0 Å². The topological polar surface area (TPSA) is 37.3 Å². The zero-order valence-electron chi connectivity index (χ0n) is 12.9. The smallest absolute Gasteiger partial charge is 0.163 e. The molecule has 0 spiro atoms. The fourth-order valence-corrected chi connectivity index (χ4v) is 2.54. The van der Waals surface area contributed by atoms with Crippen molar-refractivity contribution in [1.82, 2.24) is 0 Å². The Morgan fingerprint density at radius 2 is 1.64 bits per heavy atom. The molecule has 0 heterocycles. The quantitative estimate of drug-likeness (QED) is 0.770. The predicted molar refractivity (Wildman–Crippen MR) is 90.7 cm³/mol. The van der Waals surface area contributed by atoms with Crippen LogP contribution in [0, 0.1) is 5.92 Å². The van der Waals surface area contributed by atoms with Crippen LogP contribution >= 0.6 is 0 Å².